The number of ether oxygens (including phenoxy) is 1. The minimum atomic E-state index is 0.374. The van der Waals surface area contributed by atoms with Crippen LogP contribution in [0.2, 0.25) is 0 Å². The topological polar surface area (TPSA) is 38.3 Å². The van der Waals surface area contributed by atoms with Gasteiger partial charge in [0, 0.05) is 18.5 Å². The molecule has 1 aliphatic heterocycles. The van der Waals surface area contributed by atoms with E-state index in [-0.39, 0.29) is 0 Å². The van der Waals surface area contributed by atoms with Crippen LogP contribution in [0.4, 0.5) is 5.69 Å². The second kappa shape index (κ2) is 4.93. The molecular formula is C16H21N3O. The third-order valence-corrected chi connectivity index (χ3v) is 3.88. The van der Waals surface area contributed by atoms with Crippen molar-refractivity contribution < 1.29 is 4.74 Å². The Morgan fingerprint density at radius 1 is 1.20 bits per heavy atom. The van der Waals surface area contributed by atoms with Crippen LogP contribution in [0.5, 0.6) is 5.75 Å². The van der Waals surface area contributed by atoms with E-state index in [1.165, 1.54) is 6.42 Å². The first kappa shape index (κ1) is 13.2. The van der Waals surface area contributed by atoms with Crippen LogP contribution >= 0.6 is 0 Å². The average molecular weight is 271 g/mol. The van der Waals surface area contributed by atoms with E-state index < -0.39 is 0 Å². The summed E-state index contributed by atoms with van der Waals surface area (Å²) in [5.74, 6) is 2.13. The lowest BCUT2D eigenvalue weighted by atomic mass is 10.0. The van der Waals surface area contributed by atoms with Crippen LogP contribution in [-0.2, 0) is 0 Å². The molecule has 2 heterocycles. The molecule has 0 bridgehead atoms. The highest BCUT2D eigenvalue weighted by molar-refractivity contribution is 5.88. The fourth-order valence-corrected chi connectivity index (χ4v) is 2.70. The molecule has 1 aromatic carbocycles. The van der Waals surface area contributed by atoms with Crippen LogP contribution in [0.25, 0.3) is 10.9 Å². The van der Waals surface area contributed by atoms with Crippen LogP contribution in [-0.4, -0.2) is 30.2 Å². The van der Waals surface area contributed by atoms with Gasteiger partial charge in [-0.25, -0.2) is 9.97 Å². The number of hydrogen-bond donors (Lipinski definition) is 0. The summed E-state index contributed by atoms with van der Waals surface area (Å²) >= 11 is 0. The van der Waals surface area contributed by atoms with Crippen LogP contribution < -0.4 is 9.64 Å². The van der Waals surface area contributed by atoms with E-state index in [9.17, 15) is 0 Å². The van der Waals surface area contributed by atoms with Gasteiger partial charge in [-0.3, -0.25) is 0 Å². The molecule has 0 radical (unpaired) electrons. The molecule has 1 fully saturated rings. The zero-order valence-electron chi connectivity index (χ0n) is 12.6. The van der Waals surface area contributed by atoms with Gasteiger partial charge in [0.15, 0.2) is 0 Å². The maximum absolute atomic E-state index is 5.58. The summed E-state index contributed by atoms with van der Waals surface area (Å²) in [6, 6.07) is 4.24. The molecule has 0 saturated carbocycles. The largest absolute Gasteiger partial charge is 0.495 e. The minimum Gasteiger partial charge on any atom is -0.495 e. The Balaban J connectivity index is 2.24. The normalized spacial score (nSPS) is 14.8. The van der Waals surface area contributed by atoms with Crippen molar-refractivity contribution >= 4 is 16.6 Å². The number of aryl methyl sites for hydroxylation is 1. The lowest BCUT2D eigenvalue weighted by Gasteiger charge is -2.34. The van der Waals surface area contributed by atoms with Gasteiger partial charge in [0.2, 0.25) is 0 Å². The number of hydrogen-bond acceptors (Lipinski definition) is 4. The molecule has 1 saturated heterocycles. The third kappa shape index (κ3) is 2.09. The van der Waals surface area contributed by atoms with E-state index in [4.69, 9.17) is 4.74 Å². The molecule has 1 aromatic heterocycles. The van der Waals surface area contributed by atoms with E-state index in [2.05, 4.69) is 40.8 Å². The zero-order valence-corrected chi connectivity index (χ0v) is 12.6. The Kier molecular flexibility index (Phi) is 3.24. The first-order valence-electron chi connectivity index (χ1n) is 7.21. The molecule has 2 aromatic rings. The van der Waals surface area contributed by atoms with Gasteiger partial charge in [0.1, 0.15) is 11.6 Å². The predicted molar refractivity (Wildman–Crippen MR) is 81.7 cm³/mol. The number of rotatable bonds is 3. The van der Waals surface area contributed by atoms with E-state index in [0.29, 0.717) is 5.92 Å². The van der Waals surface area contributed by atoms with E-state index in [1.807, 2.05) is 6.92 Å². The Morgan fingerprint density at radius 3 is 2.50 bits per heavy atom. The Morgan fingerprint density at radius 2 is 1.95 bits per heavy atom. The Labute approximate surface area is 119 Å². The van der Waals surface area contributed by atoms with Crippen molar-refractivity contribution in [3.8, 4) is 5.75 Å². The third-order valence-electron chi connectivity index (χ3n) is 3.88. The van der Waals surface area contributed by atoms with Crippen molar-refractivity contribution in [1.82, 2.24) is 9.97 Å². The molecule has 0 atom stereocenters. The monoisotopic (exact) mass is 271 g/mol. The van der Waals surface area contributed by atoms with Crippen molar-refractivity contribution in [2.24, 2.45) is 0 Å². The summed E-state index contributed by atoms with van der Waals surface area (Å²) in [4.78, 5) is 11.5. The average Bonchev–Trinajstić information content (AvgIpc) is 2.34. The highest BCUT2D eigenvalue weighted by Crippen LogP contribution is 2.36. The van der Waals surface area contributed by atoms with Gasteiger partial charge in [0.25, 0.3) is 0 Å². The second-order valence-electron chi connectivity index (χ2n) is 5.69. The van der Waals surface area contributed by atoms with Gasteiger partial charge in [-0.15, -0.1) is 0 Å². The number of aromatic nitrogens is 2. The Bertz CT molecular complexity index is 648. The fraction of sp³-hybridized carbons (Fsp3) is 0.500. The zero-order chi connectivity index (χ0) is 14.3. The van der Waals surface area contributed by atoms with Gasteiger partial charge >= 0.3 is 0 Å². The number of methoxy groups -OCH3 is 1. The van der Waals surface area contributed by atoms with Gasteiger partial charge < -0.3 is 9.64 Å². The first-order valence-corrected chi connectivity index (χ1v) is 7.21. The van der Waals surface area contributed by atoms with Crippen molar-refractivity contribution in [3.05, 3.63) is 23.7 Å². The number of fused-ring (bicyclic) bond motifs is 1. The molecule has 0 spiro atoms. The van der Waals surface area contributed by atoms with Gasteiger partial charge in [0.05, 0.1) is 24.0 Å². The van der Waals surface area contributed by atoms with Gasteiger partial charge in [-0.1, -0.05) is 13.8 Å². The maximum atomic E-state index is 5.58. The molecule has 0 unspecified atom stereocenters. The quantitative estimate of drug-likeness (QED) is 0.858. The van der Waals surface area contributed by atoms with Gasteiger partial charge in [-0.2, -0.15) is 0 Å². The fourth-order valence-electron chi connectivity index (χ4n) is 2.70. The lowest BCUT2D eigenvalue weighted by molar-refractivity contribution is 0.412. The predicted octanol–water partition coefficient (Wildman–Crippen LogP) is 3.28. The molecule has 4 nitrogen and oxygen atoms in total. The second-order valence-corrected chi connectivity index (χ2v) is 5.69. The Hall–Kier alpha value is -1.84. The van der Waals surface area contributed by atoms with Crippen LogP contribution in [0.3, 0.4) is 0 Å². The van der Waals surface area contributed by atoms with E-state index in [0.717, 1.165) is 46.9 Å². The molecule has 0 amide bonds. The summed E-state index contributed by atoms with van der Waals surface area (Å²) in [6.07, 6.45) is 1.25. The number of benzene rings is 1. The van der Waals surface area contributed by atoms with Crippen LogP contribution in [0, 0.1) is 6.92 Å². The summed E-state index contributed by atoms with van der Waals surface area (Å²) < 4.78 is 5.58. The van der Waals surface area contributed by atoms with Gasteiger partial charge in [-0.05, 0) is 31.4 Å². The molecule has 1 aliphatic rings. The van der Waals surface area contributed by atoms with Crippen molar-refractivity contribution in [1.29, 1.82) is 0 Å². The standard InChI is InChI=1S/C16H21N3O/c1-10(2)16-12-8-15(20-4)14(19-6-5-7-19)9-13(12)17-11(3)18-16/h8-10H,5-7H2,1-4H3. The smallest absolute Gasteiger partial charge is 0.142 e. The maximum Gasteiger partial charge on any atom is 0.142 e. The molecule has 4 heteroatoms. The van der Waals surface area contributed by atoms with E-state index in [1.54, 1.807) is 7.11 Å². The summed E-state index contributed by atoms with van der Waals surface area (Å²) in [7, 11) is 1.73. The lowest BCUT2D eigenvalue weighted by Crippen LogP contribution is -2.37. The highest BCUT2D eigenvalue weighted by atomic mass is 16.5. The minimum absolute atomic E-state index is 0.374. The van der Waals surface area contributed by atoms with Crippen LogP contribution in [0.15, 0.2) is 12.1 Å². The van der Waals surface area contributed by atoms with E-state index >= 15 is 0 Å². The summed E-state index contributed by atoms with van der Waals surface area (Å²) in [5, 5.41) is 1.10. The molecule has 0 aliphatic carbocycles. The van der Waals surface area contributed by atoms with Crippen molar-refractivity contribution in [2.75, 3.05) is 25.1 Å². The van der Waals surface area contributed by atoms with Crippen molar-refractivity contribution in [2.45, 2.75) is 33.1 Å². The molecule has 20 heavy (non-hydrogen) atoms. The summed E-state index contributed by atoms with van der Waals surface area (Å²) in [5.41, 5.74) is 3.27. The molecule has 106 valence electrons. The van der Waals surface area contributed by atoms with Crippen LogP contribution in [0.1, 0.15) is 37.7 Å². The first-order chi connectivity index (χ1) is 9.60. The molecule has 3 rings (SSSR count). The number of nitrogens with zero attached hydrogens (tertiary/aromatic N) is 3. The molecule has 0 N–H and O–H groups in total. The van der Waals surface area contributed by atoms with Crippen molar-refractivity contribution in [3.63, 3.8) is 0 Å². The SMILES string of the molecule is COc1cc2c(C(C)C)nc(C)nc2cc1N1CCC1. The highest BCUT2D eigenvalue weighted by Gasteiger charge is 2.21. The molecular weight excluding hydrogens is 250 g/mol. The summed E-state index contributed by atoms with van der Waals surface area (Å²) in [6.45, 7) is 8.48. The number of anilines is 1.